The molecule has 4 rings (SSSR count). The smallest absolute Gasteiger partial charge is 0.309 e. The maximum Gasteiger partial charge on any atom is 0.309 e. The van der Waals surface area contributed by atoms with Crippen molar-refractivity contribution in [2.24, 2.45) is 5.92 Å². The Morgan fingerprint density at radius 3 is 2.67 bits per heavy atom. The van der Waals surface area contributed by atoms with Crippen LogP contribution in [0.25, 0.3) is 0 Å². The maximum atomic E-state index is 13.4. The van der Waals surface area contributed by atoms with E-state index in [1.54, 1.807) is 35.1 Å². The summed E-state index contributed by atoms with van der Waals surface area (Å²) in [5.74, 6) is -0.938. The molecule has 1 unspecified atom stereocenters. The van der Waals surface area contributed by atoms with Crippen LogP contribution in [0.1, 0.15) is 47.5 Å². The Morgan fingerprint density at radius 2 is 1.97 bits per heavy atom. The van der Waals surface area contributed by atoms with E-state index in [1.807, 2.05) is 12.1 Å². The molecule has 2 aromatic rings. The number of nitrogens with zero attached hydrogens (tertiary/aromatic N) is 3. The van der Waals surface area contributed by atoms with Gasteiger partial charge in [-0.2, -0.15) is 0 Å². The van der Waals surface area contributed by atoms with E-state index in [0.717, 1.165) is 11.3 Å². The number of pyridine rings is 1. The van der Waals surface area contributed by atoms with Crippen molar-refractivity contribution in [3.05, 3.63) is 53.7 Å². The molecule has 8 heteroatoms. The normalized spacial score (nSPS) is 19.3. The van der Waals surface area contributed by atoms with E-state index in [9.17, 15) is 14.4 Å². The van der Waals surface area contributed by atoms with Gasteiger partial charge in [0.15, 0.2) is 5.76 Å². The Bertz CT molecular complexity index is 919. The van der Waals surface area contributed by atoms with Crippen LogP contribution in [-0.2, 0) is 20.9 Å². The first-order valence-electron chi connectivity index (χ1n) is 10.3. The highest BCUT2D eigenvalue weighted by molar-refractivity contribution is 5.93. The lowest BCUT2D eigenvalue weighted by atomic mass is 9.91. The predicted molar refractivity (Wildman–Crippen MR) is 106 cm³/mol. The third-order valence-corrected chi connectivity index (χ3v) is 5.76. The van der Waals surface area contributed by atoms with Crippen molar-refractivity contribution in [2.45, 2.75) is 32.2 Å². The van der Waals surface area contributed by atoms with Crippen molar-refractivity contribution < 1.29 is 23.5 Å². The van der Waals surface area contributed by atoms with E-state index >= 15 is 0 Å². The van der Waals surface area contributed by atoms with E-state index in [-0.39, 0.29) is 36.0 Å². The molecule has 1 atom stereocenters. The number of esters is 1. The lowest BCUT2D eigenvalue weighted by molar-refractivity contribution is -0.151. The van der Waals surface area contributed by atoms with Crippen LogP contribution in [0.15, 0.2) is 41.1 Å². The molecule has 2 amide bonds. The molecular formula is C22H25N3O5. The average molecular weight is 411 g/mol. The number of ether oxygens (including phenoxy) is 1. The van der Waals surface area contributed by atoms with Gasteiger partial charge >= 0.3 is 5.97 Å². The van der Waals surface area contributed by atoms with Gasteiger partial charge in [0.05, 0.1) is 30.4 Å². The predicted octanol–water partition coefficient (Wildman–Crippen LogP) is 2.22. The van der Waals surface area contributed by atoms with E-state index < -0.39 is 5.92 Å². The van der Waals surface area contributed by atoms with Crippen molar-refractivity contribution >= 4 is 17.8 Å². The van der Waals surface area contributed by atoms with Crippen LogP contribution in [0.5, 0.6) is 0 Å². The first-order valence-corrected chi connectivity index (χ1v) is 10.3. The summed E-state index contributed by atoms with van der Waals surface area (Å²) in [5, 5.41) is 0. The summed E-state index contributed by atoms with van der Waals surface area (Å²) in [6.07, 6.45) is 4.31. The van der Waals surface area contributed by atoms with Crippen molar-refractivity contribution in [2.75, 3.05) is 26.2 Å². The van der Waals surface area contributed by atoms with Gasteiger partial charge in [0.25, 0.3) is 5.91 Å². The van der Waals surface area contributed by atoms with Crippen molar-refractivity contribution in [3.63, 3.8) is 0 Å². The number of aromatic nitrogens is 1. The zero-order valence-corrected chi connectivity index (χ0v) is 17.0. The van der Waals surface area contributed by atoms with Gasteiger partial charge in [-0.05, 0) is 43.5 Å². The fraction of sp³-hybridized carbons (Fsp3) is 0.455. The van der Waals surface area contributed by atoms with E-state index in [1.165, 1.54) is 6.26 Å². The fourth-order valence-corrected chi connectivity index (χ4v) is 4.20. The van der Waals surface area contributed by atoms with Gasteiger partial charge in [-0.3, -0.25) is 19.4 Å². The zero-order chi connectivity index (χ0) is 21.1. The maximum absolute atomic E-state index is 13.4. The number of amides is 2. The standard InChI is InChI=1S/C22H25N3O5/c1-2-29-22(28)15-7-10-24(11-8-15)20(26)17-14-25(21(27)18-6-4-12-30-18)13-16-5-3-9-23-19(16)17/h3-6,9,12,15,17H,2,7-8,10-11,13-14H2,1H3. The van der Waals surface area contributed by atoms with Gasteiger partial charge in [0.1, 0.15) is 0 Å². The molecule has 0 spiro atoms. The van der Waals surface area contributed by atoms with Crippen LogP contribution in [0.4, 0.5) is 0 Å². The highest BCUT2D eigenvalue weighted by Gasteiger charge is 2.38. The van der Waals surface area contributed by atoms with Crippen LogP contribution >= 0.6 is 0 Å². The molecule has 0 bridgehead atoms. The van der Waals surface area contributed by atoms with Gasteiger partial charge in [-0.15, -0.1) is 0 Å². The number of likely N-dealkylation sites (tertiary alicyclic amines) is 1. The van der Waals surface area contributed by atoms with Crippen LogP contribution in [0.2, 0.25) is 0 Å². The number of hydrogen-bond acceptors (Lipinski definition) is 6. The monoisotopic (exact) mass is 411 g/mol. The molecule has 0 saturated carbocycles. The molecule has 2 aromatic heterocycles. The first-order chi connectivity index (χ1) is 14.6. The second-order valence-electron chi connectivity index (χ2n) is 7.61. The van der Waals surface area contributed by atoms with E-state index in [4.69, 9.17) is 9.15 Å². The zero-order valence-electron chi connectivity index (χ0n) is 17.0. The lowest BCUT2D eigenvalue weighted by Crippen LogP contribution is -2.48. The quantitative estimate of drug-likeness (QED) is 0.717. The summed E-state index contributed by atoms with van der Waals surface area (Å²) in [4.78, 5) is 46.1. The highest BCUT2D eigenvalue weighted by atomic mass is 16.5. The molecule has 1 saturated heterocycles. The molecular weight excluding hydrogens is 386 g/mol. The Morgan fingerprint density at radius 1 is 1.17 bits per heavy atom. The Hall–Kier alpha value is -3.16. The van der Waals surface area contributed by atoms with Crippen LogP contribution in [0.3, 0.4) is 0 Å². The molecule has 2 aliphatic rings. The first kappa shape index (κ1) is 20.1. The van der Waals surface area contributed by atoms with Crippen molar-refractivity contribution in [3.8, 4) is 0 Å². The molecule has 30 heavy (non-hydrogen) atoms. The largest absolute Gasteiger partial charge is 0.466 e. The summed E-state index contributed by atoms with van der Waals surface area (Å²) in [6, 6.07) is 7.00. The molecule has 0 aromatic carbocycles. The Balaban J connectivity index is 1.50. The average Bonchev–Trinajstić information content (AvgIpc) is 3.32. The minimum atomic E-state index is -0.534. The van der Waals surface area contributed by atoms with Gasteiger partial charge in [-0.1, -0.05) is 6.07 Å². The van der Waals surface area contributed by atoms with Crippen molar-refractivity contribution in [1.29, 1.82) is 0 Å². The summed E-state index contributed by atoms with van der Waals surface area (Å²) < 4.78 is 10.4. The van der Waals surface area contributed by atoms with E-state index in [2.05, 4.69) is 4.98 Å². The second-order valence-corrected chi connectivity index (χ2v) is 7.61. The van der Waals surface area contributed by atoms with E-state index in [0.29, 0.717) is 39.1 Å². The van der Waals surface area contributed by atoms with Crippen LogP contribution < -0.4 is 0 Å². The fourth-order valence-electron chi connectivity index (χ4n) is 4.20. The number of furan rings is 1. The second kappa shape index (κ2) is 8.69. The van der Waals surface area contributed by atoms with Gasteiger partial charge in [-0.25, -0.2) is 0 Å². The topological polar surface area (TPSA) is 93.0 Å². The number of carbonyl (C=O) groups excluding carboxylic acids is 3. The summed E-state index contributed by atoms with van der Waals surface area (Å²) >= 11 is 0. The highest BCUT2D eigenvalue weighted by Crippen LogP contribution is 2.31. The lowest BCUT2D eigenvalue weighted by Gasteiger charge is -2.37. The minimum absolute atomic E-state index is 0.0609. The number of hydrogen-bond donors (Lipinski definition) is 0. The SMILES string of the molecule is CCOC(=O)C1CCN(C(=O)C2CN(C(=O)c3ccco3)Cc3cccnc32)CC1. The third-order valence-electron chi connectivity index (χ3n) is 5.76. The van der Waals surface area contributed by atoms with Crippen LogP contribution in [0, 0.1) is 5.92 Å². The summed E-state index contributed by atoms with van der Waals surface area (Å²) in [7, 11) is 0. The van der Waals surface area contributed by atoms with Crippen molar-refractivity contribution in [1.82, 2.24) is 14.8 Å². The Kier molecular flexibility index (Phi) is 5.83. The third kappa shape index (κ3) is 3.94. The number of fused-ring (bicyclic) bond motifs is 1. The molecule has 1 fully saturated rings. The van der Waals surface area contributed by atoms with Gasteiger partial charge < -0.3 is 19.0 Å². The summed E-state index contributed by atoms with van der Waals surface area (Å²) in [5.41, 5.74) is 1.59. The molecule has 8 nitrogen and oxygen atoms in total. The molecule has 2 aliphatic heterocycles. The molecule has 4 heterocycles. The van der Waals surface area contributed by atoms with Gasteiger partial charge in [0, 0.05) is 32.4 Å². The molecule has 158 valence electrons. The number of carbonyl (C=O) groups is 3. The minimum Gasteiger partial charge on any atom is -0.466 e. The molecule has 0 aliphatic carbocycles. The molecule has 0 radical (unpaired) electrons. The van der Waals surface area contributed by atoms with Gasteiger partial charge in [0.2, 0.25) is 5.91 Å². The Labute approximate surface area is 174 Å². The summed E-state index contributed by atoms with van der Waals surface area (Å²) in [6.45, 7) is 3.78. The number of rotatable bonds is 4. The van der Waals surface area contributed by atoms with Crippen LogP contribution in [-0.4, -0.2) is 58.8 Å². The molecule has 0 N–H and O–H groups in total. The number of piperidine rings is 1.